The van der Waals surface area contributed by atoms with Crippen molar-refractivity contribution >= 4 is 23.2 Å². The molecule has 43 heavy (non-hydrogen) atoms. The van der Waals surface area contributed by atoms with E-state index in [4.69, 9.17) is 0 Å². The number of nitrogens with zero attached hydrogens (tertiary/aromatic N) is 3. The van der Waals surface area contributed by atoms with Gasteiger partial charge in [0.2, 0.25) is 5.91 Å². The van der Waals surface area contributed by atoms with Gasteiger partial charge in [-0.2, -0.15) is 18.3 Å². The number of hydrogen-bond donors (Lipinski definition) is 2. The van der Waals surface area contributed by atoms with Crippen LogP contribution in [-0.2, 0) is 18.0 Å². The average molecular weight is 594 g/mol. The van der Waals surface area contributed by atoms with Crippen LogP contribution in [-0.4, -0.2) is 38.6 Å². The molecule has 4 atom stereocenters. The van der Waals surface area contributed by atoms with Gasteiger partial charge in [-0.15, -0.1) is 0 Å². The number of rotatable bonds is 6. The molecule has 2 N–H and O–H groups in total. The van der Waals surface area contributed by atoms with E-state index in [9.17, 15) is 22.8 Å². The number of aromatic nitrogens is 2. The summed E-state index contributed by atoms with van der Waals surface area (Å²) in [6.45, 7) is 1.40. The minimum Gasteiger partial charge on any atom is -0.382 e. The van der Waals surface area contributed by atoms with Gasteiger partial charge in [0, 0.05) is 36.7 Å². The van der Waals surface area contributed by atoms with Crippen molar-refractivity contribution in [3.8, 4) is 0 Å². The Balaban J connectivity index is 1.36. The molecule has 3 aliphatic rings. The molecule has 6 rings (SSSR count). The molecule has 1 aromatic heterocycles. The number of alkyl halides is 3. The first kappa shape index (κ1) is 29.3. The fourth-order valence-corrected chi connectivity index (χ4v) is 7.44. The number of amides is 2. The lowest BCUT2D eigenvalue weighted by Crippen LogP contribution is -2.53. The van der Waals surface area contributed by atoms with Crippen LogP contribution < -0.4 is 10.6 Å². The largest absolute Gasteiger partial charge is 0.416 e. The molecule has 7 nitrogen and oxygen atoms in total. The summed E-state index contributed by atoms with van der Waals surface area (Å²) in [5.41, 5.74) is 1.69. The number of carbonyl (C=O) groups excluding carboxylic acids is 2. The number of fused-ring (bicyclic) bond motifs is 1. The lowest BCUT2D eigenvalue weighted by atomic mass is 9.76. The van der Waals surface area contributed by atoms with E-state index in [1.165, 1.54) is 31.9 Å². The lowest BCUT2D eigenvalue weighted by Gasteiger charge is -2.48. The fraction of sp³-hybridized carbons (Fsp3) is 0.485. The summed E-state index contributed by atoms with van der Waals surface area (Å²) in [6, 6.07) is 11.7. The molecule has 0 radical (unpaired) electrons. The molecular formula is C33H38F3N5O2. The number of piperidine rings is 1. The molecule has 10 heteroatoms. The Labute approximate surface area is 249 Å². The van der Waals surface area contributed by atoms with Crippen LogP contribution in [0.2, 0.25) is 0 Å². The Kier molecular flexibility index (Phi) is 7.96. The summed E-state index contributed by atoms with van der Waals surface area (Å²) >= 11 is 0. The van der Waals surface area contributed by atoms with E-state index in [0.717, 1.165) is 49.4 Å². The molecule has 3 fully saturated rings. The minimum atomic E-state index is -4.53. The van der Waals surface area contributed by atoms with E-state index in [-0.39, 0.29) is 35.0 Å². The van der Waals surface area contributed by atoms with Crippen LogP contribution in [0.5, 0.6) is 0 Å². The van der Waals surface area contributed by atoms with E-state index in [1.54, 1.807) is 24.1 Å². The van der Waals surface area contributed by atoms with Crippen LogP contribution in [0.1, 0.15) is 84.5 Å². The minimum absolute atomic E-state index is 0.0331. The standard InChI is InChI=1S/C33H38F3N5O2/c1-20-10-13-26(17-28(20)33(34,35)36)39-31(42)27-16-22-6-5-9-29(22)41(32(43)23-18-37-40(2)19-23)30(27)21-11-14-25(15-12-21)38-24-7-3-4-8-24/h10-15,17-19,22,24,27,29-30,38H,3-9,16H2,1-2H3,(H,39,42)/t22-,27+,29-,30?/m1/s1. The first-order chi connectivity index (χ1) is 20.6. The Hall–Kier alpha value is -3.82. The van der Waals surface area contributed by atoms with Gasteiger partial charge in [0.05, 0.1) is 29.3 Å². The van der Waals surface area contributed by atoms with Crippen LogP contribution in [0.25, 0.3) is 0 Å². The Morgan fingerprint density at radius 2 is 1.67 bits per heavy atom. The third-order valence-corrected chi connectivity index (χ3v) is 9.53. The third-order valence-electron chi connectivity index (χ3n) is 9.53. The van der Waals surface area contributed by atoms with Crippen molar-refractivity contribution in [1.82, 2.24) is 14.7 Å². The molecule has 0 bridgehead atoms. The molecule has 0 spiro atoms. The van der Waals surface area contributed by atoms with E-state index >= 15 is 0 Å². The van der Waals surface area contributed by atoms with Crippen molar-refractivity contribution < 1.29 is 22.8 Å². The maximum atomic E-state index is 14.2. The Morgan fingerprint density at radius 3 is 2.35 bits per heavy atom. The van der Waals surface area contributed by atoms with E-state index < -0.39 is 23.7 Å². The summed E-state index contributed by atoms with van der Waals surface area (Å²) in [7, 11) is 1.76. The number of aryl methyl sites for hydroxylation is 2. The molecule has 1 unspecified atom stereocenters. The van der Waals surface area contributed by atoms with Crippen LogP contribution in [0.15, 0.2) is 54.9 Å². The highest BCUT2D eigenvalue weighted by atomic mass is 19.4. The van der Waals surface area contributed by atoms with E-state index in [1.807, 2.05) is 29.2 Å². The van der Waals surface area contributed by atoms with Crippen molar-refractivity contribution in [2.45, 2.75) is 82.6 Å². The number of anilines is 2. The topological polar surface area (TPSA) is 79.3 Å². The second-order valence-corrected chi connectivity index (χ2v) is 12.4. The highest BCUT2D eigenvalue weighted by Gasteiger charge is 2.50. The van der Waals surface area contributed by atoms with Crippen molar-refractivity contribution in [3.05, 3.63) is 77.1 Å². The molecule has 1 saturated heterocycles. The van der Waals surface area contributed by atoms with Gasteiger partial charge in [0.15, 0.2) is 0 Å². The predicted octanol–water partition coefficient (Wildman–Crippen LogP) is 7.11. The van der Waals surface area contributed by atoms with Gasteiger partial charge in [0.25, 0.3) is 5.91 Å². The Morgan fingerprint density at radius 1 is 0.953 bits per heavy atom. The summed E-state index contributed by atoms with van der Waals surface area (Å²) < 4.78 is 42.5. The summed E-state index contributed by atoms with van der Waals surface area (Å²) in [6.07, 6.45) is 6.65. The van der Waals surface area contributed by atoms with Crippen LogP contribution >= 0.6 is 0 Å². The zero-order valence-electron chi connectivity index (χ0n) is 24.5. The maximum Gasteiger partial charge on any atom is 0.416 e. The van der Waals surface area contributed by atoms with Crippen LogP contribution in [0.3, 0.4) is 0 Å². The molecule has 3 aromatic rings. The molecule has 2 heterocycles. The highest BCUT2D eigenvalue weighted by Crippen LogP contribution is 2.49. The number of nitrogens with one attached hydrogen (secondary N) is 2. The quantitative estimate of drug-likeness (QED) is 0.319. The SMILES string of the molecule is Cc1ccc(NC(=O)[C@H]2C[C@H]3CCC[C@H]3N(C(=O)c3cnn(C)c3)C2c2ccc(NC3CCCC3)cc2)cc1C(F)(F)F. The summed E-state index contributed by atoms with van der Waals surface area (Å²) in [4.78, 5) is 30.1. The molecule has 2 aromatic carbocycles. The van der Waals surface area contributed by atoms with Crippen molar-refractivity contribution in [3.63, 3.8) is 0 Å². The molecule has 2 amide bonds. The van der Waals surface area contributed by atoms with Crippen molar-refractivity contribution in [2.24, 2.45) is 18.9 Å². The van der Waals surface area contributed by atoms with Gasteiger partial charge in [-0.3, -0.25) is 14.3 Å². The first-order valence-corrected chi connectivity index (χ1v) is 15.2. The third kappa shape index (κ3) is 6.01. The monoisotopic (exact) mass is 593 g/mol. The van der Waals surface area contributed by atoms with Gasteiger partial charge in [-0.05, 0) is 80.3 Å². The highest BCUT2D eigenvalue weighted by molar-refractivity contribution is 5.97. The number of hydrogen-bond acceptors (Lipinski definition) is 4. The first-order valence-electron chi connectivity index (χ1n) is 15.2. The van der Waals surface area contributed by atoms with Crippen molar-refractivity contribution in [2.75, 3.05) is 10.6 Å². The number of halogens is 3. The molecule has 2 aliphatic carbocycles. The zero-order valence-corrected chi connectivity index (χ0v) is 24.5. The van der Waals surface area contributed by atoms with Gasteiger partial charge in [-0.25, -0.2) is 0 Å². The number of benzene rings is 2. The van der Waals surface area contributed by atoms with Gasteiger partial charge in [-0.1, -0.05) is 37.5 Å². The normalized spacial score (nSPS) is 24.2. The van der Waals surface area contributed by atoms with Crippen molar-refractivity contribution in [1.29, 1.82) is 0 Å². The second-order valence-electron chi connectivity index (χ2n) is 12.4. The summed E-state index contributed by atoms with van der Waals surface area (Å²) in [5, 5.41) is 10.6. The van der Waals surface area contributed by atoms with Gasteiger partial charge < -0.3 is 15.5 Å². The smallest absolute Gasteiger partial charge is 0.382 e. The number of carbonyl (C=O) groups is 2. The van der Waals surface area contributed by atoms with Gasteiger partial charge in [0.1, 0.15) is 0 Å². The molecular weight excluding hydrogens is 555 g/mol. The molecule has 1 aliphatic heterocycles. The van der Waals surface area contributed by atoms with E-state index in [0.29, 0.717) is 18.0 Å². The number of likely N-dealkylation sites (tertiary alicyclic amines) is 1. The van der Waals surface area contributed by atoms with Crippen LogP contribution in [0.4, 0.5) is 24.5 Å². The second kappa shape index (κ2) is 11.7. The molecule has 2 saturated carbocycles. The fourth-order valence-electron chi connectivity index (χ4n) is 7.44. The lowest BCUT2D eigenvalue weighted by molar-refractivity contribution is -0.138. The zero-order chi connectivity index (χ0) is 30.3. The van der Waals surface area contributed by atoms with E-state index in [2.05, 4.69) is 15.7 Å². The Bertz CT molecular complexity index is 1480. The van der Waals surface area contributed by atoms with Crippen LogP contribution in [0, 0.1) is 18.8 Å². The average Bonchev–Trinajstić information content (AvgIpc) is 3.75. The molecule has 228 valence electrons. The maximum absolute atomic E-state index is 14.2. The van der Waals surface area contributed by atoms with Gasteiger partial charge >= 0.3 is 6.18 Å². The predicted molar refractivity (Wildman–Crippen MR) is 158 cm³/mol. The summed E-state index contributed by atoms with van der Waals surface area (Å²) in [5.74, 6) is -1.09.